The molecular formula is C31H32F2N4O2. The van der Waals surface area contributed by atoms with E-state index in [0.717, 1.165) is 41.7 Å². The normalized spacial score (nSPS) is 31.5. The summed E-state index contributed by atoms with van der Waals surface area (Å²) in [7, 11) is 0. The van der Waals surface area contributed by atoms with Crippen LogP contribution >= 0.6 is 0 Å². The van der Waals surface area contributed by atoms with E-state index in [1.807, 2.05) is 31.3 Å². The number of amidine groups is 1. The molecule has 0 saturated carbocycles. The van der Waals surface area contributed by atoms with Gasteiger partial charge in [-0.05, 0) is 49.0 Å². The number of hydrogen-bond acceptors (Lipinski definition) is 6. The molecule has 6 rings (SSSR count). The molecule has 0 saturated heterocycles. The van der Waals surface area contributed by atoms with Gasteiger partial charge in [0.1, 0.15) is 22.9 Å². The van der Waals surface area contributed by atoms with Gasteiger partial charge < -0.3 is 14.2 Å². The standard InChI is InChI=1S/C31H32F2N4O2/c1-20-6-3-4-7-22(20)18-38-23-12-10-21(11-13-23)27-16-24(39-36-27)17-37-15-14-28-31(2,19-37)35-30(34-28)25-8-5-9-26(32)29(25)33/h3-5,7-12,14-16,20,23,25,29H,6,13,17-19H2,1-2H3/t20-,23?,25?,29?,31?/m0/s1. The summed E-state index contributed by atoms with van der Waals surface area (Å²) < 4.78 is 40.0. The van der Waals surface area contributed by atoms with E-state index in [4.69, 9.17) is 14.3 Å². The fourth-order valence-corrected chi connectivity index (χ4v) is 5.46. The summed E-state index contributed by atoms with van der Waals surface area (Å²) in [5.74, 6) is -0.0202. The minimum atomic E-state index is -1.75. The topological polar surface area (TPSA) is 63.2 Å². The number of ether oxygens (including phenoxy) is 1. The zero-order valence-electron chi connectivity index (χ0n) is 22.1. The lowest BCUT2D eigenvalue weighted by Crippen LogP contribution is -2.44. The number of nitrogens with zero attached hydrogens (tertiary/aromatic N) is 4. The highest BCUT2D eigenvalue weighted by molar-refractivity contribution is 6.15. The average molecular weight is 531 g/mol. The molecular weight excluding hydrogens is 498 g/mol. The minimum absolute atomic E-state index is 0.0513. The second-order valence-electron chi connectivity index (χ2n) is 10.9. The van der Waals surface area contributed by atoms with Crippen molar-refractivity contribution in [2.45, 2.75) is 51.0 Å². The number of allylic oxidation sites excluding steroid dienone is 8. The Kier molecular flexibility index (Phi) is 6.89. The highest BCUT2D eigenvalue weighted by Crippen LogP contribution is 2.33. The van der Waals surface area contributed by atoms with Crippen molar-refractivity contribution < 1.29 is 18.0 Å². The summed E-state index contributed by atoms with van der Waals surface area (Å²) in [4.78, 5) is 11.4. The molecule has 5 atom stereocenters. The van der Waals surface area contributed by atoms with Crippen molar-refractivity contribution >= 4 is 17.1 Å². The van der Waals surface area contributed by atoms with Gasteiger partial charge in [0, 0.05) is 18.8 Å². The molecule has 0 spiro atoms. The number of alkyl halides is 1. The molecule has 0 fully saturated rings. The van der Waals surface area contributed by atoms with Gasteiger partial charge in [-0.1, -0.05) is 60.7 Å². The van der Waals surface area contributed by atoms with Crippen molar-refractivity contribution in [1.82, 2.24) is 10.1 Å². The van der Waals surface area contributed by atoms with Crippen LogP contribution in [-0.2, 0) is 11.3 Å². The first-order valence-electron chi connectivity index (χ1n) is 13.5. The molecule has 202 valence electrons. The number of aliphatic imine (C=N–C) groups is 2. The van der Waals surface area contributed by atoms with Crippen molar-refractivity contribution in [1.29, 1.82) is 0 Å². The Morgan fingerprint density at radius 1 is 1.18 bits per heavy atom. The van der Waals surface area contributed by atoms with Gasteiger partial charge in [-0.3, -0.25) is 4.99 Å². The van der Waals surface area contributed by atoms with Crippen LogP contribution in [0, 0.1) is 11.8 Å². The van der Waals surface area contributed by atoms with Crippen LogP contribution in [-0.4, -0.2) is 52.6 Å². The zero-order valence-corrected chi connectivity index (χ0v) is 22.1. The zero-order chi connectivity index (χ0) is 27.0. The molecule has 1 aromatic heterocycles. The van der Waals surface area contributed by atoms with Crippen molar-refractivity contribution in [2.24, 2.45) is 21.8 Å². The molecule has 1 aromatic rings. The van der Waals surface area contributed by atoms with Crippen LogP contribution in [0.3, 0.4) is 0 Å². The van der Waals surface area contributed by atoms with Gasteiger partial charge in [-0.2, -0.15) is 0 Å². The minimum Gasteiger partial charge on any atom is -0.369 e. The number of fused-ring (bicyclic) bond motifs is 1. The summed E-state index contributed by atoms with van der Waals surface area (Å²) in [6.07, 6.45) is 21.0. The molecule has 2 aliphatic heterocycles. The highest BCUT2D eigenvalue weighted by atomic mass is 19.2. The van der Waals surface area contributed by atoms with Gasteiger partial charge in [0.15, 0.2) is 11.9 Å². The first kappa shape index (κ1) is 25.6. The average Bonchev–Trinajstić information content (AvgIpc) is 3.54. The molecule has 0 bridgehead atoms. The van der Waals surface area contributed by atoms with E-state index in [1.54, 1.807) is 6.08 Å². The molecule has 0 N–H and O–H groups in total. The second kappa shape index (κ2) is 10.5. The lowest BCUT2D eigenvalue weighted by atomic mass is 9.93. The molecule has 3 aliphatic carbocycles. The molecule has 8 heteroatoms. The first-order valence-corrected chi connectivity index (χ1v) is 13.5. The highest BCUT2D eigenvalue weighted by Gasteiger charge is 2.41. The van der Waals surface area contributed by atoms with Gasteiger partial charge >= 0.3 is 0 Å². The van der Waals surface area contributed by atoms with Crippen LogP contribution in [0.25, 0.3) is 5.57 Å². The van der Waals surface area contributed by atoms with Crippen LogP contribution in [0.15, 0.2) is 98.9 Å². The van der Waals surface area contributed by atoms with Crippen LogP contribution in [0.4, 0.5) is 8.78 Å². The fourth-order valence-electron chi connectivity index (χ4n) is 5.46. The molecule has 0 amide bonds. The van der Waals surface area contributed by atoms with Gasteiger partial charge in [-0.25, -0.2) is 13.8 Å². The SMILES string of the molecule is C[C@H]1CC=CC=C1COC1C=CC(c2cc(CN3C=CC4=NC(C5C=CC=C(F)C5F)=NC4(C)C3)on2)=CC1. The Morgan fingerprint density at radius 3 is 2.90 bits per heavy atom. The number of rotatable bonds is 7. The van der Waals surface area contributed by atoms with Crippen LogP contribution in [0.2, 0.25) is 0 Å². The number of hydrogen-bond donors (Lipinski definition) is 0. The summed E-state index contributed by atoms with van der Waals surface area (Å²) in [6, 6.07) is 1.96. The van der Waals surface area contributed by atoms with E-state index in [9.17, 15) is 8.78 Å². The predicted octanol–water partition coefficient (Wildman–Crippen LogP) is 6.24. The van der Waals surface area contributed by atoms with Crippen LogP contribution in [0.5, 0.6) is 0 Å². The quantitative estimate of drug-likeness (QED) is 0.418. The van der Waals surface area contributed by atoms with Gasteiger partial charge in [-0.15, -0.1) is 0 Å². The fraction of sp³-hybridized carbons (Fsp3) is 0.387. The molecule has 0 radical (unpaired) electrons. The Labute approximate surface area is 227 Å². The Balaban J connectivity index is 1.05. The maximum absolute atomic E-state index is 14.5. The Bertz CT molecular complexity index is 1410. The van der Waals surface area contributed by atoms with Crippen molar-refractivity contribution in [2.75, 3.05) is 13.2 Å². The maximum Gasteiger partial charge on any atom is 0.165 e. The molecule has 4 unspecified atom stereocenters. The predicted molar refractivity (Wildman–Crippen MR) is 149 cm³/mol. The third-order valence-electron chi connectivity index (χ3n) is 7.86. The van der Waals surface area contributed by atoms with E-state index >= 15 is 0 Å². The van der Waals surface area contributed by atoms with Gasteiger partial charge in [0.2, 0.25) is 0 Å². The maximum atomic E-state index is 14.5. The molecule has 6 nitrogen and oxygen atoms in total. The monoisotopic (exact) mass is 530 g/mol. The van der Waals surface area contributed by atoms with Crippen LogP contribution < -0.4 is 0 Å². The smallest absolute Gasteiger partial charge is 0.165 e. The van der Waals surface area contributed by atoms with Gasteiger partial charge in [0.25, 0.3) is 0 Å². The van der Waals surface area contributed by atoms with Crippen molar-refractivity contribution in [3.05, 3.63) is 95.9 Å². The van der Waals surface area contributed by atoms with E-state index in [-0.39, 0.29) is 6.10 Å². The van der Waals surface area contributed by atoms with Crippen molar-refractivity contribution in [3.63, 3.8) is 0 Å². The number of halogens is 2. The van der Waals surface area contributed by atoms with E-state index in [0.29, 0.717) is 31.4 Å². The largest absolute Gasteiger partial charge is 0.369 e. The second-order valence-corrected chi connectivity index (χ2v) is 10.9. The lowest BCUT2D eigenvalue weighted by Gasteiger charge is -2.33. The Hall–Kier alpha value is -3.65. The summed E-state index contributed by atoms with van der Waals surface area (Å²) in [5, 5.41) is 4.29. The van der Waals surface area contributed by atoms with Crippen molar-refractivity contribution in [3.8, 4) is 0 Å². The lowest BCUT2D eigenvalue weighted by molar-refractivity contribution is 0.101. The van der Waals surface area contributed by atoms with Crippen LogP contribution in [0.1, 0.15) is 38.1 Å². The number of aromatic nitrogens is 1. The summed E-state index contributed by atoms with van der Waals surface area (Å²) >= 11 is 0. The third-order valence-corrected chi connectivity index (χ3v) is 7.86. The molecule has 0 aromatic carbocycles. The molecule has 39 heavy (non-hydrogen) atoms. The molecule has 3 heterocycles. The summed E-state index contributed by atoms with van der Waals surface area (Å²) in [6.45, 7) is 5.90. The summed E-state index contributed by atoms with van der Waals surface area (Å²) in [5.41, 5.74) is 3.26. The molecule has 5 aliphatic rings. The Morgan fingerprint density at radius 2 is 2.08 bits per heavy atom. The van der Waals surface area contributed by atoms with Gasteiger partial charge in [0.05, 0.1) is 30.9 Å². The first-order chi connectivity index (χ1) is 18.9. The van der Waals surface area contributed by atoms with E-state index < -0.39 is 23.5 Å². The van der Waals surface area contributed by atoms with E-state index in [2.05, 4.69) is 52.4 Å². The third kappa shape index (κ3) is 5.30. The van der Waals surface area contributed by atoms with E-state index in [1.165, 1.54) is 11.6 Å².